The molecule has 0 unspecified atom stereocenters. The number of nitrogens with zero attached hydrogens (tertiary/aromatic N) is 2. The van der Waals surface area contributed by atoms with Crippen LogP contribution in [-0.4, -0.2) is 15.5 Å². The number of rotatable bonds is 7. The Balaban J connectivity index is 1.50. The third-order valence-electron chi connectivity index (χ3n) is 3.79. The van der Waals surface area contributed by atoms with Crippen LogP contribution in [-0.2, 0) is 19.5 Å². The predicted octanol–water partition coefficient (Wildman–Crippen LogP) is 2.89. The van der Waals surface area contributed by atoms with Crippen molar-refractivity contribution < 1.29 is 4.92 Å². The van der Waals surface area contributed by atoms with Gasteiger partial charge in [-0.05, 0) is 36.5 Å². The maximum absolute atomic E-state index is 10.6. The van der Waals surface area contributed by atoms with Gasteiger partial charge >= 0.3 is 0 Å². The van der Waals surface area contributed by atoms with E-state index in [0.29, 0.717) is 0 Å². The van der Waals surface area contributed by atoms with Gasteiger partial charge in [-0.2, -0.15) is 0 Å². The Labute approximate surface area is 123 Å². The van der Waals surface area contributed by atoms with Crippen LogP contribution in [0.5, 0.6) is 0 Å². The molecule has 0 radical (unpaired) electrons. The summed E-state index contributed by atoms with van der Waals surface area (Å²) in [6.07, 6.45) is 7.75. The first-order valence-corrected chi connectivity index (χ1v) is 7.32. The lowest BCUT2D eigenvalue weighted by molar-refractivity contribution is -0.384. The number of hydrogen-bond acceptors (Lipinski definition) is 3. The van der Waals surface area contributed by atoms with Crippen LogP contribution in [0.15, 0.2) is 42.7 Å². The van der Waals surface area contributed by atoms with Gasteiger partial charge in [0.2, 0.25) is 0 Å². The fraction of sp³-hybridized carbons (Fsp3) is 0.375. The summed E-state index contributed by atoms with van der Waals surface area (Å²) in [7, 11) is 0. The zero-order chi connectivity index (χ0) is 14.7. The van der Waals surface area contributed by atoms with Crippen molar-refractivity contribution in [3.8, 4) is 0 Å². The van der Waals surface area contributed by atoms with Crippen LogP contribution in [0.4, 0.5) is 5.69 Å². The zero-order valence-electron chi connectivity index (χ0n) is 11.9. The number of hydrogen-bond donors (Lipinski definition) is 1. The minimum atomic E-state index is -0.366. The van der Waals surface area contributed by atoms with E-state index in [0.717, 1.165) is 31.1 Å². The molecule has 2 aromatic rings. The molecule has 0 amide bonds. The van der Waals surface area contributed by atoms with Gasteiger partial charge in [-0.25, -0.2) is 0 Å². The molecular formula is C16H19N3O2. The Morgan fingerprint density at radius 1 is 1.19 bits per heavy atom. The normalized spacial score (nSPS) is 14.3. The number of benzene rings is 1. The highest BCUT2D eigenvalue weighted by molar-refractivity contribution is 5.32. The van der Waals surface area contributed by atoms with Crippen LogP contribution in [0, 0.1) is 10.1 Å². The second-order valence-corrected chi connectivity index (χ2v) is 5.59. The van der Waals surface area contributed by atoms with Crippen molar-refractivity contribution in [2.75, 3.05) is 0 Å². The Kier molecular flexibility index (Phi) is 4.01. The van der Waals surface area contributed by atoms with E-state index in [-0.39, 0.29) is 10.6 Å². The van der Waals surface area contributed by atoms with Crippen molar-refractivity contribution in [1.29, 1.82) is 0 Å². The average Bonchev–Trinajstić information content (AvgIpc) is 3.21. The standard InChI is InChI=1S/C16H19N3O2/c20-19(21)16-5-1-13(2-6-16)7-9-18-10-8-14(12-18)11-17-15-3-4-15/h1-2,5-6,8,10,12,15,17H,3-4,7,9,11H2. The number of aryl methyl sites for hydroxylation is 2. The number of nitro groups is 1. The van der Waals surface area contributed by atoms with Crippen LogP contribution < -0.4 is 5.32 Å². The Hall–Kier alpha value is -2.14. The summed E-state index contributed by atoms with van der Waals surface area (Å²) in [5.41, 5.74) is 2.57. The second-order valence-electron chi connectivity index (χ2n) is 5.59. The Bertz CT molecular complexity index is 615. The smallest absolute Gasteiger partial charge is 0.269 e. The predicted molar refractivity (Wildman–Crippen MR) is 81.1 cm³/mol. The maximum atomic E-state index is 10.6. The van der Waals surface area contributed by atoms with Crippen molar-refractivity contribution in [3.63, 3.8) is 0 Å². The summed E-state index contributed by atoms with van der Waals surface area (Å²) in [5.74, 6) is 0. The van der Waals surface area contributed by atoms with E-state index in [4.69, 9.17) is 0 Å². The topological polar surface area (TPSA) is 60.1 Å². The summed E-state index contributed by atoms with van der Waals surface area (Å²) in [6, 6.07) is 9.67. The summed E-state index contributed by atoms with van der Waals surface area (Å²) >= 11 is 0. The molecule has 1 heterocycles. The molecule has 1 N–H and O–H groups in total. The molecule has 5 heteroatoms. The van der Waals surface area contributed by atoms with E-state index in [9.17, 15) is 10.1 Å². The Morgan fingerprint density at radius 2 is 1.95 bits per heavy atom. The van der Waals surface area contributed by atoms with Crippen LogP contribution in [0.2, 0.25) is 0 Å². The van der Waals surface area contributed by atoms with Gasteiger partial charge in [0.1, 0.15) is 0 Å². The summed E-state index contributed by atoms with van der Waals surface area (Å²) in [5, 5.41) is 14.1. The molecule has 0 aliphatic heterocycles. The van der Waals surface area contributed by atoms with Gasteiger partial charge in [0, 0.05) is 43.7 Å². The highest BCUT2D eigenvalue weighted by Crippen LogP contribution is 2.19. The molecule has 5 nitrogen and oxygen atoms in total. The van der Waals surface area contributed by atoms with Crippen molar-refractivity contribution in [3.05, 3.63) is 64.0 Å². The lowest BCUT2D eigenvalue weighted by atomic mass is 10.1. The van der Waals surface area contributed by atoms with Gasteiger partial charge in [-0.15, -0.1) is 0 Å². The van der Waals surface area contributed by atoms with E-state index < -0.39 is 0 Å². The molecule has 1 aliphatic carbocycles. The van der Waals surface area contributed by atoms with Gasteiger partial charge in [0.15, 0.2) is 0 Å². The van der Waals surface area contributed by atoms with E-state index in [1.54, 1.807) is 12.1 Å². The molecule has 21 heavy (non-hydrogen) atoms. The zero-order valence-corrected chi connectivity index (χ0v) is 11.9. The molecule has 0 bridgehead atoms. The first-order chi connectivity index (χ1) is 10.2. The SMILES string of the molecule is O=[N+]([O-])c1ccc(CCn2ccc(CNC3CC3)c2)cc1. The highest BCUT2D eigenvalue weighted by atomic mass is 16.6. The average molecular weight is 285 g/mol. The van der Waals surface area contributed by atoms with E-state index in [1.165, 1.54) is 18.4 Å². The van der Waals surface area contributed by atoms with Crippen molar-refractivity contribution in [2.24, 2.45) is 0 Å². The van der Waals surface area contributed by atoms with Crippen molar-refractivity contribution >= 4 is 5.69 Å². The second kappa shape index (κ2) is 6.10. The lowest BCUT2D eigenvalue weighted by Crippen LogP contribution is -2.14. The Morgan fingerprint density at radius 3 is 2.62 bits per heavy atom. The molecule has 1 aromatic carbocycles. The van der Waals surface area contributed by atoms with Gasteiger partial charge in [-0.1, -0.05) is 12.1 Å². The molecule has 1 aromatic heterocycles. The molecular weight excluding hydrogens is 266 g/mol. The van der Waals surface area contributed by atoms with Gasteiger partial charge < -0.3 is 9.88 Å². The van der Waals surface area contributed by atoms with E-state index >= 15 is 0 Å². The highest BCUT2D eigenvalue weighted by Gasteiger charge is 2.19. The largest absolute Gasteiger partial charge is 0.354 e. The molecule has 0 saturated heterocycles. The number of aromatic nitrogens is 1. The minimum Gasteiger partial charge on any atom is -0.354 e. The number of non-ortho nitro benzene ring substituents is 1. The van der Waals surface area contributed by atoms with E-state index in [1.807, 2.05) is 12.1 Å². The molecule has 0 spiro atoms. The van der Waals surface area contributed by atoms with Crippen LogP contribution in [0.3, 0.4) is 0 Å². The molecule has 1 saturated carbocycles. The van der Waals surface area contributed by atoms with Crippen molar-refractivity contribution in [2.45, 2.75) is 38.4 Å². The van der Waals surface area contributed by atoms with Crippen LogP contribution in [0.25, 0.3) is 0 Å². The third kappa shape index (κ3) is 3.92. The lowest BCUT2D eigenvalue weighted by Gasteiger charge is -2.03. The molecule has 1 fully saturated rings. The van der Waals surface area contributed by atoms with Gasteiger partial charge in [0.25, 0.3) is 5.69 Å². The molecule has 0 atom stereocenters. The van der Waals surface area contributed by atoms with Gasteiger partial charge in [0.05, 0.1) is 4.92 Å². The summed E-state index contributed by atoms with van der Waals surface area (Å²) in [4.78, 5) is 10.2. The number of nitrogens with one attached hydrogen (secondary N) is 1. The summed E-state index contributed by atoms with van der Waals surface area (Å²) < 4.78 is 2.17. The van der Waals surface area contributed by atoms with Crippen LogP contribution >= 0.6 is 0 Å². The summed E-state index contributed by atoms with van der Waals surface area (Å²) in [6.45, 7) is 1.83. The fourth-order valence-corrected chi connectivity index (χ4v) is 2.33. The first kappa shape index (κ1) is 13.8. The van der Waals surface area contributed by atoms with Gasteiger partial charge in [-0.3, -0.25) is 10.1 Å². The maximum Gasteiger partial charge on any atom is 0.269 e. The number of nitro benzene ring substituents is 1. The molecule has 1 aliphatic rings. The fourth-order valence-electron chi connectivity index (χ4n) is 2.33. The first-order valence-electron chi connectivity index (χ1n) is 7.32. The minimum absolute atomic E-state index is 0.146. The monoisotopic (exact) mass is 285 g/mol. The van der Waals surface area contributed by atoms with Crippen LogP contribution in [0.1, 0.15) is 24.0 Å². The van der Waals surface area contributed by atoms with Crippen molar-refractivity contribution in [1.82, 2.24) is 9.88 Å². The third-order valence-corrected chi connectivity index (χ3v) is 3.79. The van der Waals surface area contributed by atoms with E-state index in [2.05, 4.69) is 28.3 Å². The molecule has 110 valence electrons. The quantitative estimate of drug-likeness (QED) is 0.628. The molecule has 3 rings (SSSR count).